The summed E-state index contributed by atoms with van der Waals surface area (Å²) >= 11 is 0. The number of hydrogen-bond acceptors (Lipinski definition) is 5. The minimum absolute atomic E-state index is 0.686. The van der Waals surface area contributed by atoms with Crippen LogP contribution in [0.5, 0.6) is 0 Å². The van der Waals surface area contributed by atoms with Crippen LogP contribution in [0.1, 0.15) is 35.2 Å². The number of fused-ring (bicyclic) bond motifs is 2. The Bertz CT molecular complexity index is 759. The second-order valence-electron chi connectivity index (χ2n) is 7.78. The van der Waals surface area contributed by atoms with Gasteiger partial charge in [-0.2, -0.15) is 0 Å². The van der Waals surface area contributed by atoms with Gasteiger partial charge in [0.1, 0.15) is 12.1 Å². The predicted molar refractivity (Wildman–Crippen MR) is 103 cm³/mol. The topological polar surface area (TPSA) is 44.3 Å². The maximum atomic E-state index is 4.72. The number of nitrogens with zero attached hydrogens (tertiary/aromatic N) is 4. The summed E-state index contributed by atoms with van der Waals surface area (Å²) in [7, 11) is 0. The fraction of sp³-hybridized carbons (Fsp3) is 0.524. The number of rotatable bonds is 2. The Balaban J connectivity index is 1.37. The van der Waals surface area contributed by atoms with Crippen LogP contribution in [0.2, 0.25) is 0 Å². The summed E-state index contributed by atoms with van der Waals surface area (Å²) < 4.78 is 0. The second kappa shape index (κ2) is 6.97. The molecule has 0 amide bonds. The third-order valence-corrected chi connectivity index (χ3v) is 6.22. The normalized spacial score (nSPS) is 23.4. The molecule has 4 heterocycles. The lowest BCUT2D eigenvalue weighted by molar-refractivity contribution is 0.173. The lowest BCUT2D eigenvalue weighted by Crippen LogP contribution is -2.46. The first-order valence-electron chi connectivity index (χ1n) is 9.98. The van der Waals surface area contributed by atoms with E-state index in [1.807, 2.05) is 0 Å². The molecule has 26 heavy (non-hydrogen) atoms. The van der Waals surface area contributed by atoms with E-state index in [1.54, 1.807) is 6.33 Å². The van der Waals surface area contributed by atoms with Crippen molar-refractivity contribution in [3.05, 3.63) is 53.0 Å². The van der Waals surface area contributed by atoms with Crippen LogP contribution in [0.25, 0.3) is 0 Å². The molecule has 5 heteroatoms. The van der Waals surface area contributed by atoms with Crippen LogP contribution < -0.4 is 10.2 Å². The molecule has 3 aliphatic heterocycles. The second-order valence-corrected chi connectivity index (χ2v) is 7.78. The molecule has 3 aliphatic rings. The predicted octanol–water partition coefficient (Wildman–Crippen LogP) is 2.15. The number of aromatic nitrogens is 2. The van der Waals surface area contributed by atoms with Crippen molar-refractivity contribution in [2.75, 3.05) is 31.1 Å². The Morgan fingerprint density at radius 3 is 2.58 bits per heavy atom. The van der Waals surface area contributed by atoms with Crippen LogP contribution in [0.15, 0.2) is 30.6 Å². The van der Waals surface area contributed by atoms with Gasteiger partial charge in [-0.1, -0.05) is 24.3 Å². The van der Waals surface area contributed by atoms with E-state index in [0.29, 0.717) is 6.04 Å². The Kier molecular flexibility index (Phi) is 4.35. The first kappa shape index (κ1) is 16.2. The van der Waals surface area contributed by atoms with Crippen LogP contribution in [-0.2, 0) is 25.9 Å². The minimum atomic E-state index is 0.686. The van der Waals surface area contributed by atoms with Gasteiger partial charge in [-0.05, 0) is 36.9 Å². The highest BCUT2D eigenvalue weighted by Crippen LogP contribution is 2.31. The summed E-state index contributed by atoms with van der Waals surface area (Å²) in [5.74, 6) is 1.16. The zero-order valence-electron chi connectivity index (χ0n) is 15.3. The summed E-state index contributed by atoms with van der Waals surface area (Å²) in [6.45, 7) is 6.49. The molecular formula is C21H27N5. The van der Waals surface area contributed by atoms with Crippen molar-refractivity contribution in [1.29, 1.82) is 0 Å². The average molecular weight is 349 g/mol. The third-order valence-electron chi connectivity index (χ3n) is 6.22. The van der Waals surface area contributed by atoms with Crippen LogP contribution in [-0.4, -0.2) is 47.1 Å². The first-order chi connectivity index (χ1) is 12.9. The lowest BCUT2D eigenvalue weighted by atomic mass is 10.1. The summed E-state index contributed by atoms with van der Waals surface area (Å²) in [6, 6.07) is 9.45. The van der Waals surface area contributed by atoms with Crippen molar-refractivity contribution in [1.82, 2.24) is 20.2 Å². The third kappa shape index (κ3) is 2.99. The van der Waals surface area contributed by atoms with Gasteiger partial charge in [0.15, 0.2) is 0 Å². The van der Waals surface area contributed by atoms with E-state index >= 15 is 0 Å². The Hall–Kier alpha value is -1.98. The molecule has 5 rings (SSSR count). The van der Waals surface area contributed by atoms with Gasteiger partial charge in [0.2, 0.25) is 0 Å². The molecule has 0 unspecified atom stereocenters. The molecule has 1 fully saturated rings. The molecule has 1 aromatic heterocycles. The molecular weight excluding hydrogens is 322 g/mol. The van der Waals surface area contributed by atoms with Crippen molar-refractivity contribution in [3.8, 4) is 0 Å². The minimum Gasteiger partial charge on any atom is -0.348 e. The number of piperidine rings is 1. The smallest absolute Gasteiger partial charge is 0.136 e. The zero-order chi connectivity index (χ0) is 17.3. The van der Waals surface area contributed by atoms with E-state index in [4.69, 9.17) is 4.98 Å². The van der Waals surface area contributed by atoms with Crippen LogP contribution in [0, 0.1) is 0 Å². The molecule has 1 N–H and O–H groups in total. The van der Waals surface area contributed by atoms with Gasteiger partial charge in [-0.15, -0.1) is 0 Å². The highest BCUT2D eigenvalue weighted by molar-refractivity contribution is 5.53. The van der Waals surface area contributed by atoms with Crippen LogP contribution in [0.4, 0.5) is 5.82 Å². The van der Waals surface area contributed by atoms with E-state index in [9.17, 15) is 0 Å². The molecule has 0 aliphatic carbocycles. The van der Waals surface area contributed by atoms with E-state index in [0.717, 1.165) is 51.4 Å². The van der Waals surface area contributed by atoms with Crippen LogP contribution >= 0.6 is 0 Å². The van der Waals surface area contributed by atoms with E-state index < -0.39 is 0 Å². The summed E-state index contributed by atoms with van der Waals surface area (Å²) in [5.41, 5.74) is 5.51. The van der Waals surface area contributed by atoms with Gasteiger partial charge in [0, 0.05) is 50.7 Å². The fourth-order valence-corrected chi connectivity index (χ4v) is 4.79. The maximum absolute atomic E-state index is 4.72. The van der Waals surface area contributed by atoms with Gasteiger partial charge < -0.3 is 10.2 Å². The standard InChI is InChI=1S/C21H27N5/c1-2-5-17-14-26(13-16(17)4-1)21-19-7-10-25(18-6-3-9-22-12-18)11-8-20(19)23-15-24-21/h1-2,4-5,15,18,22H,3,6-14H2/t18-/m0/s1. The molecule has 0 spiro atoms. The van der Waals surface area contributed by atoms with Crippen LogP contribution in [0.3, 0.4) is 0 Å². The van der Waals surface area contributed by atoms with Gasteiger partial charge >= 0.3 is 0 Å². The van der Waals surface area contributed by atoms with Gasteiger partial charge in [-0.3, -0.25) is 4.90 Å². The molecule has 2 aromatic rings. The molecule has 1 atom stereocenters. The molecule has 1 saturated heterocycles. The Morgan fingerprint density at radius 1 is 1.00 bits per heavy atom. The highest BCUT2D eigenvalue weighted by atomic mass is 15.2. The average Bonchev–Trinajstić information content (AvgIpc) is 3.01. The van der Waals surface area contributed by atoms with Gasteiger partial charge in [0.25, 0.3) is 0 Å². The quantitative estimate of drug-likeness (QED) is 0.900. The van der Waals surface area contributed by atoms with E-state index in [2.05, 4.69) is 44.4 Å². The highest BCUT2D eigenvalue weighted by Gasteiger charge is 2.28. The van der Waals surface area contributed by atoms with Crippen molar-refractivity contribution < 1.29 is 0 Å². The number of hydrogen-bond donors (Lipinski definition) is 1. The Labute approximate surface area is 155 Å². The van der Waals surface area contributed by atoms with E-state index in [1.165, 1.54) is 41.8 Å². The largest absolute Gasteiger partial charge is 0.348 e. The monoisotopic (exact) mass is 349 g/mol. The lowest BCUT2D eigenvalue weighted by Gasteiger charge is -2.33. The maximum Gasteiger partial charge on any atom is 0.136 e. The molecule has 136 valence electrons. The molecule has 0 bridgehead atoms. The number of nitrogens with one attached hydrogen (secondary N) is 1. The summed E-state index contributed by atoms with van der Waals surface area (Å²) in [6.07, 6.45) is 6.50. The fourth-order valence-electron chi connectivity index (χ4n) is 4.79. The number of benzene rings is 1. The first-order valence-corrected chi connectivity index (χ1v) is 9.98. The van der Waals surface area contributed by atoms with Gasteiger partial charge in [0.05, 0.1) is 5.69 Å². The van der Waals surface area contributed by atoms with Crippen molar-refractivity contribution in [3.63, 3.8) is 0 Å². The molecule has 0 radical (unpaired) electrons. The molecule has 1 aromatic carbocycles. The van der Waals surface area contributed by atoms with Crippen molar-refractivity contribution >= 4 is 5.82 Å². The van der Waals surface area contributed by atoms with Gasteiger partial charge in [-0.25, -0.2) is 9.97 Å². The summed E-state index contributed by atoms with van der Waals surface area (Å²) in [5, 5.41) is 3.56. The zero-order valence-corrected chi connectivity index (χ0v) is 15.3. The number of anilines is 1. The summed E-state index contributed by atoms with van der Waals surface area (Å²) in [4.78, 5) is 14.5. The van der Waals surface area contributed by atoms with Crippen molar-refractivity contribution in [2.45, 2.75) is 44.8 Å². The molecule has 5 nitrogen and oxygen atoms in total. The molecule has 0 saturated carbocycles. The van der Waals surface area contributed by atoms with E-state index in [-0.39, 0.29) is 0 Å². The Morgan fingerprint density at radius 2 is 1.81 bits per heavy atom. The SMILES string of the molecule is c1ccc2c(c1)CN(c1ncnc3c1CCN([C@H]1CCCNC1)CC3)C2. The van der Waals surface area contributed by atoms with Crippen molar-refractivity contribution in [2.24, 2.45) is 0 Å².